The van der Waals surface area contributed by atoms with Gasteiger partial charge in [0.25, 0.3) is 0 Å². The predicted octanol–water partition coefficient (Wildman–Crippen LogP) is 6.36. The highest BCUT2D eigenvalue weighted by Gasteiger charge is 2.57. The summed E-state index contributed by atoms with van der Waals surface area (Å²) in [6, 6.07) is 34.7. The van der Waals surface area contributed by atoms with E-state index in [0.717, 1.165) is 28.2 Å². The number of ether oxygens (including phenoxy) is 2. The molecule has 4 nitrogen and oxygen atoms in total. The van der Waals surface area contributed by atoms with Gasteiger partial charge in [-0.05, 0) is 53.3 Å². The van der Waals surface area contributed by atoms with Crippen LogP contribution in [0.1, 0.15) is 45.3 Å². The molecule has 0 radical (unpaired) electrons. The van der Waals surface area contributed by atoms with Crippen molar-refractivity contribution in [3.05, 3.63) is 131 Å². The first-order chi connectivity index (χ1) is 17.5. The van der Waals surface area contributed by atoms with Gasteiger partial charge in [0.05, 0.1) is 20.1 Å². The van der Waals surface area contributed by atoms with Gasteiger partial charge in [-0.1, -0.05) is 84.9 Å². The van der Waals surface area contributed by atoms with Crippen molar-refractivity contribution in [1.82, 2.24) is 0 Å². The Morgan fingerprint density at radius 2 is 1.22 bits per heavy atom. The zero-order valence-corrected chi connectivity index (χ0v) is 20.5. The highest BCUT2D eigenvalue weighted by molar-refractivity contribution is 5.99. The summed E-state index contributed by atoms with van der Waals surface area (Å²) in [6.45, 7) is 0. The number of hydrogen-bond donors (Lipinski definition) is 1. The Morgan fingerprint density at radius 1 is 0.722 bits per heavy atom. The summed E-state index contributed by atoms with van der Waals surface area (Å²) in [6.07, 6.45) is 0.420. The van der Waals surface area contributed by atoms with Crippen LogP contribution in [-0.2, 0) is 5.60 Å². The van der Waals surface area contributed by atoms with Gasteiger partial charge in [0.15, 0.2) is 5.78 Å². The van der Waals surface area contributed by atoms with Crippen molar-refractivity contribution in [2.75, 3.05) is 14.2 Å². The quantitative estimate of drug-likeness (QED) is 0.314. The van der Waals surface area contributed by atoms with Crippen LogP contribution in [0.25, 0.3) is 0 Å². The summed E-state index contributed by atoms with van der Waals surface area (Å²) in [5.41, 5.74) is 2.08. The van der Waals surface area contributed by atoms with Gasteiger partial charge in [-0.2, -0.15) is 0 Å². The molecule has 0 heterocycles. The maximum atomic E-state index is 14.2. The molecule has 4 atom stereocenters. The molecule has 36 heavy (non-hydrogen) atoms. The fourth-order valence-electron chi connectivity index (χ4n) is 5.73. The standard InChI is InChI=1S/C32H30O4/c1-35-26-17-13-22(14-18-26)28-21-32(34,25-11-7-4-8-12-25)30(31(33)24-9-5-3-6-10-24)29(28)23-15-19-27(36-2)20-16-23/h3-20,28-30,34H,21H2,1-2H3/t28-,29-,30-,32+/m1/s1. The van der Waals surface area contributed by atoms with E-state index < -0.39 is 11.5 Å². The zero-order chi connectivity index (χ0) is 25.1. The molecular formula is C32H30O4. The Bertz CT molecular complexity index is 1300. The first kappa shape index (κ1) is 23.8. The molecule has 0 unspecified atom stereocenters. The first-order valence-electron chi connectivity index (χ1n) is 12.2. The minimum absolute atomic E-state index is 0.0567. The fourth-order valence-corrected chi connectivity index (χ4v) is 5.73. The average Bonchev–Trinajstić information content (AvgIpc) is 3.27. The van der Waals surface area contributed by atoms with Crippen molar-refractivity contribution in [2.45, 2.75) is 23.9 Å². The van der Waals surface area contributed by atoms with Crippen molar-refractivity contribution in [3.63, 3.8) is 0 Å². The topological polar surface area (TPSA) is 55.8 Å². The third-order valence-electron chi connectivity index (χ3n) is 7.50. The molecular weight excluding hydrogens is 448 g/mol. The van der Waals surface area contributed by atoms with E-state index in [-0.39, 0.29) is 17.6 Å². The number of benzene rings is 4. The van der Waals surface area contributed by atoms with E-state index in [0.29, 0.717) is 12.0 Å². The van der Waals surface area contributed by atoms with Crippen LogP contribution in [0.3, 0.4) is 0 Å². The third-order valence-corrected chi connectivity index (χ3v) is 7.50. The van der Waals surface area contributed by atoms with Gasteiger partial charge in [-0.25, -0.2) is 0 Å². The first-order valence-corrected chi connectivity index (χ1v) is 12.2. The minimum Gasteiger partial charge on any atom is -0.497 e. The van der Waals surface area contributed by atoms with Crippen LogP contribution in [0.5, 0.6) is 11.5 Å². The molecule has 182 valence electrons. The molecule has 0 aliphatic heterocycles. The largest absolute Gasteiger partial charge is 0.497 e. The van der Waals surface area contributed by atoms with Crippen LogP contribution in [-0.4, -0.2) is 25.1 Å². The second-order valence-corrected chi connectivity index (χ2v) is 9.38. The van der Waals surface area contributed by atoms with Crippen molar-refractivity contribution in [3.8, 4) is 11.5 Å². The van der Waals surface area contributed by atoms with Crippen LogP contribution in [0.2, 0.25) is 0 Å². The van der Waals surface area contributed by atoms with Crippen molar-refractivity contribution in [2.24, 2.45) is 5.92 Å². The summed E-state index contributed by atoms with van der Waals surface area (Å²) in [7, 11) is 3.29. The molecule has 4 aromatic carbocycles. The SMILES string of the molecule is COc1ccc([C@@H]2[C@@H](c3ccc(OC)cc3)C[C@](O)(c3ccccc3)[C@H]2C(=O)c2ccccc2)cc1. The van der Waals surface area contributed by atoms with Crippen LogP contribution < -0.4 is 9.47 Å². The Kier molecular flexibility index (Phi) is 6.62. The van der Waals surface area contributed by atoms with Gasteiger partial charge >= 0.3 is 0 Å². The van der Waals surface area contributed by atoms with E-state index in [9.17, 15) is 9.90 Å². The van der Waals surface area contributed by atoms with Gasteiger partial charge in [0.2, 0.25) is 0 Å². The molecule has 4 aromatic rings. The maximum Gasteiger partial charge on any atom is 0.169 e. The fraction of sp³-hybridized carbons (Fsp3) is 0.219. The lowest BCUT2D eigenvalue weighted by molar-refractivity contribution is -0.000255. The highest BCUT2D eigenvalue weighted by atomic mass is 16.5. The van der Waals surface area contributed by atoms with E-state index in [1.54, 1.807) is 14.2 Å². The van der Waals surface area contributed by atoms with Crippen LogP contribution >= 0.6 is 0 Å². The van der Waals surface area contributed by atoms with E-state index in [1.807, 2.05) is 109 Å². The Labute approximate surface area is 212 Å². The van der Waals surface area contributed by atoms with Crippen LogP contribution in [0.15, 0.2) is 109 Å². The van der Waals surface area contributed by atoms with Crippen molar-refractivity contribution in [1.29, 1.82) is 0 Å². The molecule has 1 saturated carbocycles. The van der Waals surface area contributed by atoms with Gasteiger partial charge in [-0.15, -0.1) is 0 Å². The summed E-state index contributed by atoms with van der Waals surface area (Å²) < 4.78 is 10.8. The Balaban J connectivity index is 1.70. The monoisotopic (exact) mass is 478 g/mol. The summed E-state index contributed by atoms with van der Waals surface area (Å²) in [5.74, 6) is 0.450. The number of Topliss-reactive ketones (excluding diaryl/α,β-unsaturated/α-hetero) is 1. The van der Waals surface area contributed by atoms with E-state index >= 15 is 0 Å². The molecule has 1 N–H and O–H groups in total. The summed E-state index contributed by atoms with van der Waals surface area (Å²) in [5, 5.41) is 12.4. The van der Waals surface area contributed by atoms with E-state index in [1.165, 1.54) is 0 Å². The number of rotatable bonds is 7. The molecule has 5 rings (SSSR count). The zero-order valence-electron chi connectivity index (χ0n) is 20.5. The van der Waals surface area contributed by atoms with Gasteiger partial charge in [0.1, 0.15) is 17.1 Å². The number of carbonyl (C=O) groups excluding carboxylic acids is 1. The van der Waals surface area contributed by atoms with Crippen molar-refractivity contribution >= 4 is 5.78 Å². The number of methoxy groups -OCH3 is 2. The average molecular weight is 479 g/mol. The number of hydrogen-bond acceptors (Lipinski definition) is 4. The smallest absolute Gasteiger partial charge is 0.169 e. The molecule has 0 bridgehead atoms. The van der Waals surface area contributed by atoms with Crippen molar-refractivity contribution < 1.29 is 19.4 Å². The normalized spacial score (nSPS) is 23.2. The van der Waals surface area contributed by atoms with Crippen LogP contribution in [0.4, 0.5) is 0 Å². The summed E-state index contributed by atoms with van der Waals surface area (Å²) in [4.78, 5) is 14.2. The van der Waals surface area contributed by atoms with E-state index in [2.05, 4.69) is 0 Å². The highest BCUT2D eigenvalue weighted by Crippen LogP contribution is 2.59. The number of ketones is 1. The Morgan fingerprint density at radius 3 is 1.75 bits per heavy atom. The molecule has 0 aromatic heterocycles. The van der Waals surface area contributed by atoms with Crippen LogP contribution in [0, 0.1) is 5.92 Å². The molecule has 0 spiro atoms. The second kappa shape index (κ2) is 10.00. The molecule has 4 heteroatoms. The van der Waals surface area contributed by atoms with Gasteiger partial charge < -0.3 is 14.6 Å². The molecule has 1 aliphatic rings. The Hall–Kier alpha value is -3.89. The minimum atomic E-state index is -1.34. The van der Waals surface area contributed by atoms with Gasteiger partial charge in [-0.3, -0.25) is 4.79 Å². The third kappa shape index (κ3) is 4.29. The van der Waals surface area contributed by atoms with E-state index in [4.69, 9.17) is 9.47 Å². The number of aliphatic hydroxyl groups is 1. The lowest BCUT2D eigenvalue weighted by Crippen LogP contribution is -2.37. The maximum absolute atomic E-state index is 14.2. The molecule has 1 fully saturated rings. The second-order valence-electron chi connectivity index (χ2n) is 9.38. The summed E-state index contributed by atoms with van der Waals surface area (Å²) >= 11 is 0. The number of carbonyl (C=O) groups is 1. The lowest BCUT2D eigenvalue weighted by Gasteiger charge is -2.33. The molecule has 1 aliphatic carbocycles. The van der Waals surface area contributed by atoms with Gasteiger partial charge in [0, 0.05) is 11.5 Å². The molecule has 0 amide bonds. The predicted molar refractivity (Wildman–Crippen MR) is 141 cm³/mol. The molecule has 0 saturated heterocycles. The lowest BCUT2D eigenvalue weighted by atomic mass is 9.73.